The van der Waals surface area contributed by atoms with Crippen LogP contribution in [0.3, 0.4) is 0 Å². The quantitative estimate of drug-likeness (QED) is 0.816. The van der Waals surface area contributed by atoms with E-state index in [0.717, 1.165) is 30.7 Å². The minimum atomic E-state index is -0.537. The Morgan fingerprint density at radius 3 is 3.00 bits per heavy atom. The van der Waals surface area contributed by atoms with Crippen molar-refractivity contribution in [2.45, 2.75) is 24.8 Å². The number of nitrogens with two attached hydrogens (primary N) is 1. The van der Waals surface area contributed by atoms with E-state index in [0.29, 0.717) is 27.5 Å². The molecule has 1 aromatic heterocycles. The number of amidine groups is 1. The lowest BCUT2D eigenvalue weighted by Crippen LogP contribution is -2.37. The van der Waals surface area contributed by atoms with E-state index in [1.54, 1.807) is 36.2 Å². The van der Waals surface area contributed by atoms with Crippen LogP contribution in [0.25, 0.3) is 0 Å². The van der Waals surface area contributed by atoms with Gasteiger partial charge in [-0.3, -0.25) is 4.99 Å². The van der Waals surface area contributed by atoms with Gasteiger partial charge < -0.3 is 11.1 Å². The van der Waals surface area contributed by atoms with E-state index >= 15 is 0 Å². The molecule has 2 atom stereocenters. The number of benzene rings is 1. The Balaban J connectivity index is 1.72. The van der Waals surface area contributed by atoms with Crippen LogP contribution >= 0.6 is 23.4 Å². The van der Waals surface area contributed by atoms with Gasteiger partial charge in [-0.15, -0.1) is 0 Å². The molecule has 0 saturated heterocycles. The monoisotopic (exact) mass is 376 g/mol. The second-order valence-corrected chi connectivity index (χ2v) is 7.93. The average molecular weight is 377 g/mol. The van der Waals surface area contributed by atoms with E-state index in [9.17, 15) is 4.39 Å². The zero-order valence-corrected chi connectivity index (χ0v) is 15.1. The molecule has 0 spiro atoms. The third kappa shape index (κ3) is 3.09. The van der Waals surface area contributed by atoms with Crippen molar-refractivity contribution in [1.82, 2.24) is 4.98 Å². The van der Waals surface area contributed by atoms with Gasteiger partial charge in [-0.05, 0) is 49.1 Å². The Kier molecular flexibility index (Phi) is 4.33. The predicted molar refractivity (Wildman–Crippen MR) is 102 cm³/mol. The second kappa shape index (κ2) is 6.50. The molecular formula is C18H18ClFN4S. The number of thioether (sulfide) groups is 1. The fourth-order valence-corrected chi connectivity index (χ4v) is 4.94. The van der Waals surface area contributed by atoms with Crippen LogP contribution in [0.5, 0.6) is 0 Å². The highest BCUT2D eigenvalue weighted by atomic mass is 35.5. The maximum Gasteiger partial charge on any atom is 0.154 e. The first kappa shape index (κ1) is 16.7. The van der Waals surface area contributed by atoms with Gasteiger partial charge in [0.2, 0.25) is 0 Å². The summed E-state index contributed by atoms with van der Waals surface area (Å²) in [6.45, 7) is 0. The zero-order valence-electron chi connectivity index (χ0n) is 13.5. The lowest BCUT2D eigenvalue weighted by Gasteiger charge is -2.36. The van der Waals surface area contributed by atoms with Crippen molar-refractivity contribution < 1.29 is 4.39 Å². The molecule has 4 nitrogen and oxygen atoms in total. The van der Waals surface area contributed by atoms with Crippen LogP contribution in [0.2, 0.25) is 5.02 Å². The van der Waals surface area contributed by atoms with Crippen LogP contribution in [-0.4, -0.2) is 15.9 Å². The molecule has 130 valence electrons. The Bertz CT molecular complexity index is 826. The van der Waals surface area contributed by atoms with Gasteiger partial charge in [-0.1, -0.05) is 29.8 Å². The first-order chi connectivity index (χ1) is 12.1. The van der Waals surface area contributed by atoms with Crippen LogP contribution in [0.15, 0.2) is 41.5 Å². The Hall–Kier alpha value is -1.79. The Morgan fingerprint density at radius 1 is 1.32 bits per heavy atom. The number of nitrogens with zero attached hydrogens (tertiary/aromatic N) is 2. The van der Waals surface area contributed by atoms with Gasteiger partial charge in [-0.2, -0.15) is 0 Å². The third-order valence-electron chi connectivity index (χ3n) is 4.96. The zero-order chi connectivity index (χ0) is 17.4. The second-order valence-electron chi connectivity index (χ2n) is 6.46. The van der Waals surface area contributed by atoms with E-state index in [2.05, 4.69) is 10.3 Å². The largest absolute Gasteiger partial charge is 0.379 e. The van der Waals surface area contributed by atoms with Crippen LogP contribution in [-0.2, 0) is 5.54 Å². The molecule has 0 bridgehead atoms. The normalized spacial score (nSPS) is 25.4. The van der Waals surface area contributed by atoms with E-state index < -0.39 is 5.54 Å². The van der Waals surface area contributed by atoms with Crippen molar-refractivity contribution in [3.63, 3.8) is 0 Å². The number of pyridine rings is 1. The van der Waals surface area contributed by atoms with Gasteiger partial charge in [0.15, 0.2) is 5.17 Å². The lowest BCUT2D eigenvalue weighted by molar-refractivity contribution is 0.341. The van der Waals surface area contributed by atoms with Gasteiger partial charge in [0.25, 0.3) is 0 Å². The predicted octanol–water partition coefficient (Wildman–Crippen LogP) is 4.67. The topological polar surface area (TPSA) is 63.3 Å². The van der Waals surface area contributed by atoms with Crippen LogP contribution in [0.4, 0.5) is 15.9 Å². The number of aliphatic imine (C=N–C) groups is 1. The Morgan fingerprint density at radius 2 is 2.20 bits per heavy atom. The van der Waals surface area contributed by atoms with Gasteiger partial charge in [0.05, 0.1) is 10.6 Å². The molecule has 2 heterocycles. The summed E-state index contributed by atoms with van der Waals surface area (Å²) in [5.41, 5.74) is 6.85. The summed E-state index contributed by atoms with van der Waals surface area (Å²) in [4.78, 5) is 8.95. The minimum Gasteiger partial charge on any atom is -0.379 e. The number of anilines is 2. The molecule has 1 aliphatic heterocycles. The summed E-state index contributed by atoms with van der Waals surface area (Å²) >= 11 is 7.44. The molecule has 2 aliphatic rings. The molecule has 1 fully saturated rings. The number of halogens is 2. The Labute approximate surface area is 155 Å². The highest BCUT2D eigenvalue weighted by Gasteiger charge is 2.48. The molecule has 3 N–H and O–H groups in total. The molecule has 1 saturated carbocycles. The molecule has 7 heteroatoms. The smallest absolute Gasteiger partial charge is 0.154 e. The SMILES string of the molecule is NC1=N[C@@]2(c3cc(Nc4ccc(Cl)cn4)ccc3F)CCC[C@H]2CS1. The molecule has 0 amide bonds. The number of hydrogen-bond acceptors (Lipinski definition) is 5. The van der Waals surface area contributed by atoms with Crippen molar-refractivity contribution in [2.24, 2.45) is 16.6 Å². The van der Waals surface area contributed by atoms with Crippen LogP contribution < -0.4 is 11.1 Å². The summed E-state index contributed by atoms with van der Waals surface area (Å²) in [7, 11) is 0. The maximum atomic E-state index is 14.7. The van der Waals surface area contributed by atoms with Crippen LogP contribution in [0.1, 0.15) is 24.8 Å². The molecular weight excluding hydrogens is 359 g/mol. The average Bonchev–Trinajstić information content (AvgIpc) is 3.02. The molecule has 4 rings (SSSR count). The van der Waals surface area contributed by atoms with E-state index in [4.69, 9.17) is 22.3 Å². The summed E-state index contributed by atoms with van der Waals surface area (Å²) in [5.74, 6) is 1.64. The summed E-state index contributed by atoms with van der Waals surface area (Å²) in [6.07, 6.45) is 4.50. The minimum absolute atomic E-state index is 0.232. The molecule has 2 aromatic rings. The standard InChI is InChI=1S/C18H18ClFN4S/c19-12-3-6-16(22-9-12)23-13-4-5-15(20)14(8-13)18-7-1-2-11(18)10-25-17(21)24-18/h3-6,8-9,11H,1-2,7,10H2,(H2,21,24)(H,22,23)/t11-,18-/m0/s1. The van der Waals surface area contributed by atoms with Gasteiger partial charge in [-0.25, -0.2) is 9.37 Å². The number of aromatic nitrogens is 1. The third-order valence-corrected chi connectivity index (χ3v) is 6.14. The molecule has 0 unspecified atom stereocenters. The van der Waals surface area contributed by atoms with Gasteiger partial charge in [0.1, 0.15) is 11.6 Å². The van der Waals surface area contributed by atoms with Crippen molar-refractivity contribution >= 4 is 40.0 Å². The molecule has 1 aliphatic carbocycles. The summed E-state index contributed by atoms with van der Waals surface area (Å²) in [6, 6.07) is 8.59. The van der Waals surface area contributed by atoms with Crippen molar-refractivity contribution in [3.8, 4) is 0 Å². The van der Waals surface area contributed by atoms with E-state index in [1.165, 1.54) is 6.07 Å². The molecule has 1 aromatic carbocycles. The molecule has 0 radical (unpaired) electrons. The number of fused-ring (bicyclic) bond motifs is 1. The van der Waals surface area contributed by atoms with Crippen molar-refractivity contribution in [2.75, 3.05) is 11.1 Å². The number of hydrogen-bond donors (Lipinski definition) is 2. The fourth-order valence-electron chi connectivity index (χ4n) is 3.79. The van der Waals surface area contributed by atoms with Crippen molar-refractivity contribution in [1.29, 1.82) is 0 Å². The van der Waals surface area contributed by atoms with Crippen molar-refractivity contribution in [3.05, 3.63) is 52.9 Å². The molecule has 25 heavy (non-hydrogen) atoms. The van der Waals surface area contributed by atoms with E-state index in [-0.39, 0.29) is 5.82 Å². The van der Waals surface area contributed by atoms with Crippen LogP contribution in [0, 0.1) is 11.7 Å². The lowest BCUT2D eigenvalue weighted by atomic mass is 9.81. The number of nitrogens with one attached hydrogen (secondary N) is 1. The number of rotatable bonds is 3. The van der Waals surface area contributed by atoms with Gasteiger partial charge in [0, 0.05) is 23.2 Å². The fraction of sp³-hybridized carbons (Fsp3) is 0.333. The van der Waals surface area contributed by atoms with Gasteiger partial charge >= 0.3 is 0 Å². The summed E-state index contributed by atoms with van der Waals surface area (Å²) in [5, 5.41) is 4.33. The van der Waals surface area contributed by atoms with E-state index in [1.807, 2.05) is 6.07 Å². The first-order valence-electron chi connectivity index (χ1n) is 8.23. The maximum absolute atomic E-state index is 14.7. The highest BCUT2D eigenvalue weighted by Crippen LogP contribution is 2.51. The summed E-state index contributed by atoms with van der Waals surface area (Å²) < 4.78 is 14.7. The highest BCUT2D eigenvalue weighted by molar-refractivity contribution is 8.13. The first-order valence-corrected chi connectivity index (χ1v) is 9.60.